The summed E-state index contributed by atoms with van der Waals surface area (Å²) in [5.41, 5.74) is 4.69. The second kappa shape index (κ2) is 9.44. The second-order valence-corrected chi connectivity index (χ2v) is 9.14. The lowest BCUT2D eigenvalue weighted by Gasteiger charge is -2.02. The van der Waals surface area contributed by atoms with Crippen LogP contribution in [-0.2, 0) is 0 Å². The Morgan fingerprint density at radius 2 is 1.39 bits per heavy atom. The van der Waals surface area contributed by atoms with Gasteiger partial charge in [-0.25, -0.2) is 15.0 Å². The van der Waals surface area contributed by atoms with E-state index in [0.29, 0.717) is 17.1 Å². The number of hydrogen-bond acceptors (Lipinski definition) is 6. The van der Waals surface area contributed by atoms with E-state index in [2.05, 4.69) is 55.5 Å². The van der Waals surface area contributed by atoms with Crippen LogP contribution in [0.2, 0.25) is 0 Å². The van der Waals surface area contributed by atoms with Crippen molar-refractivity contribution in [3.8, 4) is 22.3 Å². The van der Waals surface area contributed by atoms with E-state index in [4.69, 9.17) is 4.99 Å². The molecular weight excluding hydrogens is 486 g/mol. The quantitative estimate of drug-likeness (QED) is 0.150. The fraction of sp³-hybridized carbons (Fsp3) is 0. The predicted octanol–water partition coefficient (Wildman–Crippen LogP) is 6.50. The first-order valence-corrected chi connectivity index (χ1v) is 12.1. The lowest BCUT2D eigenvalue weighted by Crippen LogP contribution is -2.03. The monoisotopic (exact) mass is 507 g/mol. The molecular formula is C27H21N7S2. The Hall–Kier alpha value is -4.21. The molecule has 0 saturated carbocycles. The summed E-state index contributed by atoms with van der Waals surface area (Å²) < 4.78 is 0. The third-order valence-corrected chi connectivity index (χ3v) is 6.65. The minimum atomic E-state index is 0.551. The van der Waals surface area contributed by atoms with Crippen LogP contribution < -0.4 is 10.8 Å². The summed E-state index contributed by atoms with van der Waals surface area (Å²) in [6, 6.07) is 19.9. The fourth-order valence-corrected chi connectivity index (χ4v) is 4.69. The zero-order chi connectivity index (χ0) is 24.5. The first kappa shape index (κ1) is 22.3. The molecule has 9 heteroatoms. The van der Waals surface area contributed by atoms with Gasteiger partial charge in [0.05, 0.1) is 0 Å². The van der Waals surface area contributed by atoms with Crippen molar-refractivity contribution in [3.05, 3.63) is 97.3 Å². The van der Waals surface area contributed by atoms with Gasteiger partial charge in [-0.15, -0.1) is 25.3 Å². The molecule has 0 aliphatic heterocycles. The Bertz CT molecular complexity index is 1760. The summed E-state index contributed by atoms with van der Waals surface area (Å²) >= 11 is 9.14. The van der Waals surface area contributed by atoms with E-state index in [1.54, 1.807) is 0 Å². The van der Waals surface area contributed by atoms with Crippen LogP contribution in [0.1, 0.15) is 0 Å². The van der Waals surface area contributed by atoms with Crippen LogP contribution in [0.15, 0.2) is 107 Å². The fourth-order valence-electron chi connectivity index (χ4n) is 4.12. The Labute approximate surface area is 217 Å². The molecule has 0 aliphatic carbocycles. The molecule has 0 spiro atoms. The van der Waals surface area contributed by atoms with Crippen molar-refractivity contribution < 1.29 is 0 Å². The number of nitrogens with one attached hydrogen (secondary N) is 4. The third-order valence-electron chi connectivity index (χ3n) is 5.87. The molecule has 0 aliphatic rings. The maximum atomic E-state index is 4.76. The number of hydrogen-bond donors (Lipinski definition) is 6. The molecule has 36 heavy (non-hydrogen) atoms. The van der Waals surface area contributed by atoms with Crippen LogP contribution in [0.3, 0.4) is 0 Å². The van der Waals surface area contributed by atoms with E-state index in [-0.39, 0.29) is 0 Å². The second-order valence-electron chi connectivity index (χ2n) is 8.18. The standard InChI is InChI=1S/C27H21N7S2/c35-22-7-3-1-5-18(22)16-9-24(29-11-16)33-26-20-13-28-14-21(20)27(32-15-31-26)34-25-10-17(12-30-25)19-6-2-4-8-23(19)36/h1-15,28-30,35-36H,(H,31,32,33,34). The number of benzene rings is 2. The SMILES string of the molecule is Sc1ccccc1-c1c[nH]c(/N=c2\ncnc(Nc3cc(-c4ccccc4S)c[nH]3)c3c[nH]cc23)c1. The number of aromatic nitrogens is 5. The summed E-state index contributed by atoms with van der Waals surface area (Å²) in [6.07, 6.45) is 9.14. The van der Waals surface area contributed by atoms with Crippen LogP contribution >= 0.6 is 25.3 Å². The van der Waals surface area contributed by atoms with E-state index in [1.807, 2.05) is 85.5 Å². The van der Waals surface area contributed by atoms with Gasteiger partial charge < -0.3 is 20.3 Å². The smallest absolute Gasteiger partial charge is 0.165 e. The number of H-pyrrole nitrogens is 3. The summed E-state index contributed by atoms with van der Waals surface area (Å²) in [6.45, 7) is 0. The van der Waals surface area contributed by atoms with Gasteiger partial charge in [0.15, 0.2) is 5.49 Å². The van der Waals surface area contributed by atoms with E-state index in [0.717, 1.165) is 48.6 Å². The minimum absolute atomic E-state index is 0.551. The van der Waals surface area contributed by atoms with Gasteiger partial charge >= 0.3 is 0 Å². The molecule has 176 valence electrons. The van der Waals surface area contributed by atoms with Gasteiger partial charge in [-0.2, -0.15) is 0 Å². The van der Waals surface area contributed by atoms with E-state index in [1.165, 1.54) is 6.33 Å². The first-order valence-electron chi connectivity index (χ1n) is 11.2. The van der Waals surface area contributed by atoms with Crippen LogP contribution in [-0.4, -0.2) is 24.9 Å². The molecule has 0 radical (unpaired) electrons. The normalized spacial score (nSPS) is 11.8. The van der Waals surface area contributed by atoms with Crippen molar-refractivity contribution in [3.63, 3.8) is 0 Å². The number of nitrogens with zero attached hydrogens (tertiary/aromatic N) is 3. The van der Waals surface area contributed by atoms with Crippen molar-refractivity contribution in [2.75, 3.05) is 5.32 Å². The molecule has 2 aromatic carbocycles. The third kappa shape index (κ3) is 4.30. The number of anilines is 2. The molecule has 0 fully saturated rings. The molecule has 0 bridgehead atoms. The van der Waals surface area contributed by atoms with Crippen molar-refractivity contribution >= 4 is 53.5 Å². The van der Waals surface area contributed by atoms with Crippen LogP contribution in [0.4, 0.5) is 17.5 Å². The maximum Gasteiger partial charge on any atom is 0.165 e. The summed E-state index contributed by atoms with van der Waals surface area (Å²) in [5.74, 6) is 2.15. The maximum absolute atomic E-state index is 4.76. The van der Waals surface area contributed by atoms with Gasteiger partial charge in [0.25, 0.3) is 0 Å². The van der Waals surface area contributed by atoms with Gasteiger partial charge in [-0.1, -0.05) is 36.4 Å². The lowest BCUT2D eigenvalue weighted by molar-refractivity contribution is 1.12. The van der Waals surface area contributed by atoms with Crippen LogP contribution in [0.5, 0.6) is 0 Å². The summed E-state index contributed by atoms with van der Waals surface area (Å²) in [5, 5.41) is 5.08. The predicted molar refractivity (Wildman–Crippen MR) is 149 cm³/mol. The van der Waals surface area contributed by atoms with Gasteiger partial charge in [0.1, 0.15) is 23.8 Å². The Morgan fingerprint density at radius 3 is 2.14 bits per heavy atom. The first-order chi connectivity index (χ1) is 17.7. The number of fused-ring (bicyclic) bond motifs is 1. The molecule has 0 unspecified atom stereocenters. The lowest BCUT2D eigenvalue weighted by atomic mass is 10.1. The molecule has 4 heterocycles. The average molecular weight is 508 g/mol. The largest absolute Gasteiger partial charge is 0.366 e. The van der Waals surface area contributed by atoms with Gasteiger partial charge in [0, 0.05) is 56.5 Å². The zero-order valence-electron chi connectivity index (χ0n) is 18.9. The number of aromatic amines is 3. The van der Waals surface area contributed by atoms with Crippen LogP contribution in [0.25, 0.3) is 33.0 Å². The summed E-state index contributed by atoms with van der Waals surface area (Å²) in [4.78, 5) is 25.3. The Balaban J connectivity index is 1.35. The van der Waals surface area contributed by atoms with Gasteiger partial charge in [-0.05, 0) is 35.4 Å². The van der Waals surface area contributed by atoms with Crippen molar-refractivity contribution in [1.82, 2.24) is 24.9 Å². The van der Waals surface area contributed by atoms with E-state index >= 15 is 0 Å². The molecule has 0 saturated heterocycles. The molecule has 6 rings (SSSR count). The van der Waals surface area contributed by atoms with Crippen molar-refractivity contribution in [2.45, 2.75) is 9.79 Å². The number of thiol groups is 2. The molecule has 0 amide bonds. The molecule has 4 aromatic heterocycles. The highest BCUT2D eigenvalue weighted by molar-refractivity contribution is 7.80. The number of rotatable bonds is 5. The summed E-state index contributed by atoms with van der Waals surface area (Å²) in [7, 11) is 0. The van der Waals surface area contributed by atoms with Crippen LogP contribution in [0, 0.1) is 0 Å². The topological polar surface area (TPSA) is 97.5 Å². The van der Waals surface area contributed by atoms with E-state index < -0.39 is 0 Å². The van der Waals surface area contributed by atoms with Crippen molar-refractivity contribution in [1.29, 1.82) is 0 Å². The average Bonchev–Trinajstić information content (AvgIpc) is 3.63. The molecule has 4 N–H and O–H groups in total. The Morgan fingerprint density at radius 1 is 0.722 bits per heavy atom. The van der Waals surface area contributed by atoms with E-state index in [9.17, 15) is 0 Å². The van der Waals surface area contributed by atoms with Gasteiger partial charge in [0.2, 0.25) is 0 Å². The molecule has 0 atom stereocenters. The van der Waals surface area contributed by atoms with Gasteiger partial charge in [-0.3, -0.25) is 0 Å². The minimum Gasteiger partial charge on any atom is -0.366 e. The highest BCUT2D eigenvalue weighted by Gasteiger charge is 2.10. The molecule has 6 aromatic rings. The highest BCUT2D eigenvalue weighted by atomic mass is 32.1. The zero-order valence-corrected chi connectivity index (χ0v) is 20.7. The Kier molecular flexibility index (Phi) is 5.84. The molecule has 7 nitrogen and oxygen atoms in total. The highest BCUT2D eigenvalue weighted by Crippen LogP contribution is 2.30. The van der Waals surface area contributed by atoms with Crippen molar-refractivity contribution in [2.24, 2.45) is 4.99 Å².